The van der Waals surface area contributed by atoms with Crippen LogP contribution in [0.25, 0.3) is 11.1 Å². The first-order valence-electron chi connectivity index (χ1n) is 9.74. The third-order valence-electron chi connectivity index (χ3n) is 5.28. The highest BCUT2D eigenvalue weighted by Gasteiger charge is 2.32. The van der Waals surface area contributed by atoms with Crippen molar-refractivity contribution in [3.8, 4) is 11.1 Å². The van der Waals surface area contributed by atoms with Crippen LogP contribution in [0.15, 0.2) is 18.5 Å². The van der Waals surface area contributed by atoms with Gasteiger partial charge in [0.1, 0.15) is 5.82 Å². The van der Waals surface area contributed by atoms with Gasteiger partial charge in [-0.3, -0.25) is 9.48 Å². The monoisotopic (exact) mass is 403 g/mol. The molecule has 2 aromatic rings. The minimum absolute atomic E-state index is 0.0729. The number of ether oxygens (including phenoxy) is 1. The van der Waals surface area contributed by atoms with E-state index in [9.17, 15) is 4.79 Å². The fourth-order valence-corrected chi connectivity index (χ4v) is 4.09. The Morgan fingerprint density at radius 1 is 1.43 bits per heavy atom. The Bertz CT molecular complexity index is 873. The average Bonchev–Trinajstić information content (AvgIpc) is 3.17. The first-order valence-corrected chi connectivity index (χ1v) is 10.1. The highest BCUT2D eigenvalue weighted by atomic mass is 35.5. The third-order valence-corrected chi connectivity index (χ3v) is 5.58. The van der Waals surface area contributed by atoms with Crippen LogP contribution >= 0.6 is 11.6 Å². The number of nitrogens with one attached hydrogen (secondary N) is 2. The predicted octanol–water partition coefficient (Wildman–Crippen LogP) is 2.89. The lowest BCUT2D eigenvalue weighted by atomic mass is 9.89. The number of fused-ring (bicyclic) bond motifs is 1. The molecule has 4 heterocycles. The summed E-state index contributed by atoms with van der Waals surface area (Å²) in [5.74, 6) is 0.431. The van der Waals surface area contributed by atoms with Gasteiger partial charge in [0.15, 0.2) is 0 Å². The lowest BCUT2D eigenvalue weighted by Crippen LogP contribution is -2.38. The van der Waals surface area contributed by atoms with Gasteiger partial charge in [0, 0.05) is 49.1 Å². The molecule has 2 aromatic heterocycles. The van der Waals surface area contributed by atoms with E-state index in [1.807, 2.05) is 16.9 Å². The molecule has 1 atom stereocenters. The molecule has 4 rings (SSSR count). The molecule has 2 aliphatic rings. The van der Waals surface area contributed by atoms with Crippen molar-refractivity contribution in [2.24, 2.45) is 5.41 Å². The van der Waals surface area contributed by atoms with E-state index in [0.717, 1.165) is 37.2 Å². The van der Waals surface area contributed by atoms with Gasteiger partial charge < -0.3 is 15.4 Å². The van der Waals surface area contributed by atoms with Crippen LogP contribution < -0.4 is 10.6 Å². The lowest BCUT2D eigenvalue weighted by molar-refractivity contribution is -0.117. The molecular weight excluding hydrogens is 378 g/mol. The van der Waals surface area contributed by atoms with Crippen molar-refractivity contribution >= 4 is 23.3 Å². The van der Waals surface area contributed by atoms with Gasteiger partial charge in [-0.2, -0.15) is 5.10 Å². The number of anilines is 1. The maximum atomic E-state index is 12.3. The van der Waals surface area contributed by atoms with E-state index in [1.54, 1.807) is 6.20 Å². The molecule has 28 heavy (non-hydrogen) atoms. The molecule has 1 fully saturated rings. The zero-order valence-corrected chi connectivity index (χ0v) is 17.1. The Morgan fingerprint density at radius 2 is 2.29 bits per heavy atom. The van der Waals surface area contributed by atoms with Crippen LogP contribution in [0.5, 0.6) is 0 Å². The molecule has 0 aliphatic carbocycles. The molecule has 150 valence electrons. The van der Waals surface area contributed by atoms with Crippen molar-refractivity contribution in [1.29, 1.82) is 0 Å². The SMILES string of the molecule is CC1(C)Cc2c(-c3cc(NC(=O)CCC4CNCCO4)ncc3Cl)cnn2C1. The minimum Gasteiger partial charge on any atom is -0.376 e. The van der Waals surface area contributed by atoms with E-state index in [-0.39, 0.29) is 17.4 Å². The minimum atomic E-state index is -0.0729. The molecule has 1 amide bonds. The van der Waals surface area contributed by atoms with Gasteiger partial charge in [-0.1, -0.05) is 25.4 Å². The second-order valence-electron chi connectivity index (χ2n) is 8.34. The first-order chi connectivity index (χ1) is 13.4. The van der Waals surface area contributed by atoms with Crippen LogP contribution in [0, 0.1) is 5.41 Å². The van der Waals surface area contributed by atoms with E-state index in [4.69, 9.17) is 16.3 Å². The Morgan fingerprint density at radius 3 is 3.07 bits per heavy atom. The van der Waals surface area contributed by atoms with E-state index in [0.29, 0.717) is 30.3 Å². The van der Waals surface area contributed by atoms with Crippen molar-refractivity contribution in [3.63, 3.8) is 0 Å². The van der Waals surface area contributed by atoms with Gasteiger partial charge in [0.2, 0.25) is 5.91 Å². The number of pyridine rings is 1. The number of nitrogens with zero attached hydrogens (tertiary/aromatic N) is 3. The van der Waals surface area contributed by atoms with Crippen molar-refractivity contribution in [2.45, 2.75) is 45.8 Å². The molecular formula is C20H26ClN5O2. The molecule has 8 heteroatoms. The van der Waals surface area contributed by atoms with Gasteiger partial charge in [-0.25, -0.2) is 4.98 Å². The highest BCUT2D eigenvalue weighted by molar-refractivity contribution is 6.33. The van der Waals surface area contributed by atoms with Crippen molar-refractivity contribution < 1.29 is 9.53 Å². The number of carbonyl (C=O) groups excluding carboxylic acids is 1. The van der Waals surface area contributed by atoms with Gasteiger partial charge in [0.25, 0.3) is 0 Å². The van der Waals surface area contributed by atoms with Crippen LogP contribution in [0.3, 0.4) is 0 Å². The second-order valence-corrected chi connectivity index (χ2v) is 8.74. The molecule has 2 N–H and O–H groups in total. The summed E-state index contributed by atoms with van der Waals surface area (Å²) in [6, 6.07) is 1.84. The standard InChI is InChI=1S/C20H26ClN5O2/c1-20(2)8-17-15(10-24-26(17)12-20)14-7-18(23-11-16(14)21)25-19(27)4-3-13-9-22-5-6-28-13/h7,10-11,13,22H,3-6,8-9,12H2,1-2H3,(H,23,25,27). The number of hydrogen-bond acceptors (Lipinski definition) is 5. The Hall–Kier alpha value is -1.96. The van der Waals surface area contributed by atoms with Crippen LogP contribution in [-0.4, -0.2) is 46.5 Å². The van der Waals surface area contributed by atoms with Crippen molar-refractivity contribution in [1.82, 2.24) is 20.1 Å². The summed E-state index contributed by atoms with van der Waals surface area (Å²) in [5, 5.41) is 11.2. The van der Waals surface area contributed by atoms with Gasteiger partial charge in [-0.05, 0) is 24.3 Å². The number of carbonyl (C=O) groups is 1. The first kappa shape index (κ1) is 19.4. The Labute approximate surface area is 169 Å². The molecule has 1 saturated heterocycles. The maximum Gasteiger partial charge on any atom is 0.225 e. The molecule has 0 saturated carbocycles. The molecule has 0 aromatic carbocycles. The number of halogens is 1. The molecule has 0 spiro atoms. The lowest BCUT2D eigenvalue weighted by Gasteiger charge is -2.23. The second kappa shape index (κ2) is 7.81. The van der Waals surface area contributed by atoms with E-state index < -0.39 is 0 Å². The number of rotatable bonds is 5. The average molecular weight is 404 g/mol. The van der Waals surface area contributed by atoms with Crippen LogP contribution in [0.1, 0.15) is 32.4 Å². The van der Waals surface area contributed by atoms with E-state index in [2.05, 4.69) is 34.6 Å². The molecule has 2 aliphatic heterocycles. The van der Waals surface area contributed by atoms with Crippen molar-refractivity contribution in [3.05, 3.63) is 29.2 Å². The summed E-state index contributed by atoms with van der Waals surface area (Å²) in [4.78, 5) is 16.6. The van der Waals surface area contributed by atoms with Gasteiger partial charge in [-0.15, -0.1) is 0 Å². The number of hydrogen-bond donors (Lipinski definition) is 2. The molecule has 7 nitrogen and oxygen atoms in total. The zero-order valence-electron chi connectivity index (χ0n) is 16.3. The Balaban J connectivity index is 1.45. The maximum absolute atomic E-state index is 12.3. The van der Waals surface area contributed by atoms with E-state index >= 15 is 0 Å². The molecule has 0 radical (unpaired) electrons. The summed E-state index contributed by atoms with van der Waals surface area (Å²) in [6.07, 6.45) is 5.55. The van der Waals surface area contributed by atoms with Gasteiger partial charge >= 0.3 is 0 Å². The molecule has 0 bridgehead atoms. The topological polar surface area (TPSA) is 81.1 Å². The normalized spacial score (nSPS) is 20.8. The van der Waals surface area contributed by atoms with Crippen LogP contribution in [0.4, 0.5) is 5.82 Å². The smallest absolute Gasteiger partial charge is 0.225 e. The largest absolute Gasteiger partial charge is 0.376 e. The summed E-state index contributed by atoms with van der Waals surface area (Å²) < 4.78 is 7.68. The summed E-state index contributed by atoms with van der Waals surface area (Å²) in [7, 11) is 0. The zero-order chi connectivity index (χ0) is 19.7. The quantitative estimate of drug-likeness (QED) is 0.802. The summed E-state index contributed by atoms with van der Waals surface area (Å²) in [5.41, 5.74) is 3.23. The van der Waals surface area contributed by atoms with E-state index in [1.165, 1.54) is 5.69 Å². The summed E-state index contributed by atoms with van der Waals surface area (Å²) >= 11 is 6.42. The molecule has 1 unspecified atom stereocenters. The number of amides is 1. The third kappa shape index (κ3) is 4.21. The summed E-state index contributed by atoms with van der Waals surface area (Å²) in [6.45, 7) is 7.72. The number of morpholine rings is 1. The predicted molar refractivity (Wildman–Crippen MR) is 108 cm³/mol. The van der Waals surface area contributed by atoms with Gasteiger partial charge in [0.05, 0.1) is 23.9 Å². The fraction of sp³-hybridized carbons (Fsp3) is 0.550. The van der Waals surface area contributed by atoms with Crippen LogP contribution in [-0.2, 0) is 22.5 Å². The highest BCUT2D eigenvalue weighted by Crippen LogP contribution is 2.39. The van der Waals surface area contributed by atoms with Crippen molar-refractivity contribution in [2.75, 3.05) is 25.0 Å². The number of aromatic nitrogens is 3. The van der Waals surface area contributed by atoms with Crippen LogP contribution in [0.2, 0.25) is 5.02 Å². The Kier molecular flexibility index (Phi) is 5.40. The fourth-order valence-electron chi connectivity index (χ4n) is 3.89.